The molecule has 1 N–H and O–H groups in total. The maximum Gasteiger partial charge on any atom is 0.407 e. The summed E-state index contributed by atoms with van der Waals surface area (Å²) in [5, 5.41) is 9.77. The Hall–Kier alpha value is -1.42. The van der Waals surface area contributed by atoms with E-state index in [1.165, 1.54) is 4.90 Å². The zero-order valence-corrected chi connectivity index (χ0v) is 10.6. The first-order valence-electron chi connectivity index (χ1n) is 6.05. The van der Waals surface area contributed by atoms with Crippen LogP contribution < -0.4 is 4.74 Å². The molecular formula is C13H14ClNO3. The smallest absolute Gasteiger partial charge is 0.407 e. The van der Waals surface area contributed by atoms with Crippen LogP contribution in [0.3, 0.4) is 0 Å². The van der Waals surface area contributed by atoms with Crippen molar-refractivity contribution in [3.05, 3.63) is 28.8 Å². The third kappa shape index (κ3) is 1.90. The number of carboxylic acid groups (broad SMARTS) is 1. The van der Waals surface area contributed by atoms with E-state index in [9.17, 15) is 4.79 Å². The maximum atomic E-state index is 11.1. The van der Waals surface area contributed by atoms with Crippen molar-refractivity contribution in [2.45, 2.75) is 12.3 Å². The molecule has 1 aromatic carbocycles. The van der Waals surface area contributed by atoms with Gasteiger partial charge in [-0.15, -0.1) is 0 Å². The summed E-state index contributed by atoms with van der Waals surface area (Å²) in [4.78, 5) is 12.6. The molecule has 0 aliphatic carbocycles. The number of ether oxygens (including phenoxy) is 1. The van der Waals surface area contributed by atoms with E-state index in [-0.39, 0.29) is 5.92 Å². The number of amides is 1. The van der Waals surface area contributed by atoms with Crippen molar-refractivity contribution < 1.29 is 14.6 Å². The molecule has 1 fully saturated rings. The fourth-order valence-corrected chi connectivity index (χ4v) is 3.11. The van der Waals surface area contributed by atoms with Crippen molar-refractivity contribution in [1.29, 1.82) is 0 Å². The molecule has 0 unspecified atom stereocenters. The first-order valence-corrected chi connectivity index (χ1v) is 6.43. The van der Waals surface area contributed by atoms with Crippen LogP contribution in [0.1, 0.15) is 17.9 Å². The molecule has 0 saturated carbocycles. The van der Waals surface area contributed by atoms with Crippen LogP contribution in [-0.4, -0.2) is 35.8 Å². The predicted octanol–water partition coefficient (Wildman–Crippen LogP) is 2.82. The van der Waals surface area contributed by atoms with Gasteiger partial charge in [0.1, 0.15) is 5.75 Å². The van der Waals surface area contributed by atoms with Crippen molar-refractivity contribution in [1.82, 2.24) is 4.90 Å². The molecule has 0 radical (unpaired) electrons. The number of benzene rings is 1. The molecule has 3 rings (SSSR count). The molecule has 4 nitrogen and oxygen atoms in total. The number of rotatable bonds is 0. The molecule has 0 aromatic heterocycles. The van der Waals surface area contributed by atoms with Gasteiger partial charge in [0.05, 0.1) is 6.61 Å². The Kier molecular flexibility index (Phi) is 2.82. The highest BCUT2D eigenvalue weighted by molar-refractivity contribution is 6.30. The average molecular weight is 268 g/mol. The summed E-state index contributed by atoms with van der Waals surface area (Å²) in [5.74, 6) is 1.39. The van der Waals surface area contributed by atoms with Gasteiger partial charge >= 0.3 is 6.09 Å². The second kappa shape index (κ2) is 4.35. The van der Waals surface area contributed by atoms with Crippen LogP contribution in [-0.2, 0) is 0 Å². The number of hydrogen-bond acceptors (Lipinski definition) is 2. The summed E-state index contributed by atoms with van der Waals surface area (Å²) in [5.41, 5.74) is 1.05. The Bertz CT molecular complexity index is 491. The number of likely N-dealkylation sites (tertiary alicyclic amines) is 1. The molecule has 1 saturated heterocycles. The molecular weight excluding hydrogens is 254 g/mol. The Morgan fingerprint density at radius 3 is 3.06 bits per heavy atom. The summed E-state index contributed by atoms with van der Waals surface area (Å²) in [6.07, 6.45) is 0.0494. The van der Waals surface area contributed by atoms with E-state index in [2.05, 4.69) is 0 Å². The minimum atomic E-state index is -0.840. The third-order valence-corrected chi connectivity index (χ3v) is 4.06. The molecule has 2 heterocycles. The topological polar surface area (TPSA) is 49.8 Å². The molecule has 18 heavy (non-hydrogen) atoms. The van der Waals surface area contributed by atoms with Gasteiger partial charge in [-0.25, -0.2) is 4.79 Å². The van der Waals surface area contributed by atoms with Gasteiger partial charge in [0.25, 0.3) is 0 Å². The van der Waals surface area contributed by atoms with Gasteiger partial charge in [-0.3, -0.25) is 0 Å². The summed E-state index contributed by atoms with van der Waals surface area (Å²) < 4.78 is 5.71. The van der Waals surface area contributed by atoms with E-state index in [1.54, 1.807) is 0 Å². The van der Waals surface area contributed by atoms with Crippen molar-refractivity contribution >= 4 is 17.7 Å². The minimum Gasteiger partial charge on any atom is -0.493 e. The first-order chi connectivity index (χ1) is 8.65. The Labute approximate surface area is 110 Å². The van der Waals surface area contributed by atoms with Crippen LogP contribution in [0.15, 0.2) is 18.2 Å². The van der Waals surface area contributed by atoms with E-state index in [0.29, 0.717) is 30.6 Å². The average Bonchev–Trinajstić information content (AvgIpc) is 2.68. The first kappa shape index (κ1) is 11.7. The number of carbonyl (C=O) groups is 1. The van der Waals surface area contributed by atoms with Gasteiger partial charge in [-0.1, -0.05) is 11.6 Å². The predicted molar refractivity (Wildman–Crippen MR) is 67.4 cm³/mol. The zero-order valence-electron chi connectivity index (χ0n) is 9.80. The SMILES string of the molecule is O=C(O)N1C[C@@H]2CCOc3ccc(Cl)cc3[C@H]2C1. The lowest BCUT2D eigenvalue weighted by Gasteiger charge is -2.16. The highest BCUT2D eigenvalue weighted by Crippen LogP contribution is 2.42. The van der Waals surface area contributed by atoms with Crippen molar-refractivity contribution in [2.24, 2.45) is 5.92 Å². The lowest BCUT2D eigenvalue weighted by Crippen LogP contribution is -2.27. The molecule has 1 amide bonds. The summed E-state index contributed by atoms with van der Waals surface area (Å²) in [6.45, 7) is 1.77. The summed E-state index contributed by atoms with van der Waals surface area (Å²) in [7, 11) is 0. The fourth-order valence-electron chi connectivity index (χ4n) is 2.93. The number of halogens is 1. The standard InChI is InChI=1S/C13H14ClNO3/c14-9-1-2-12-10(5-9)11-7-15(13(16)17)6-8(11)3-4-18-12/h1-2,5,8,11H,3-4,6-7H2,(H,16,17)/t8-,11-/m0/s1. The Balaban J connectivity index is 1.97. The lowest BCUT2D eigenvalue weighted by atomic mass is 9.87. The molecule has 96 valence electrons. The Morgan fingerprint density at radius 2 is 2.28 bits per heavy atom. The minimum absolute atomic E-state index is 0.206. The normalized spacial score (nSPS) is 25.9. The number of fused-ring (bicyclic) bond motifs is 3. The second-order valence-electron chi connectivity index (χ2n) is 4.87. The monoisotopic (exact) mass is 267 g/mol. The highest BCUT2D eigenvalue weighted by atomic mass is 35.5. The molecule has 2 atom stereocenters. The van der Waals surface area contributed by atoms with Gasteiger partial charge in [0.15, 0.2) is 0 Å². The maximum absolute atomic E-state index is 11.1. The van der Waals surface area contributed by atoms with Crippen LogP contribution in [0.5, 0.6) is 5.75 Å². The molecule has 5 heteroatoms. The highest BCUT2D eigenvalue weighted by Gasteiger charge is 2.38. The molecule has 2 aliphatic heterocycles. The van der Waals surface area contributed by atoms with Crippen molar-refractivity contribution in [3.8, 4) is 5.75 Å². The third-order valence-electron chi connectivity index (χ3n) is 3.83. The van der Waals surface area contributed by atoms with Gasteiger partial charge in [0, 0.05) is 29.6 Å². The number of nitrogens with zero attached hydrogens (tertiary/aromatic N) is 1. The van der Waals surface area contributed by atoms with Gasteiger partial charge in [-0.2, -0.15) is 0 Å². The number of hydrogen-bond donors (Lipinski definition) is 1. The fraction of sp³-hybridized carbons (Fsp3) is 0.462. The van der Waals surface area contributed by atoms with Crippen LogP contribution in [0.2, 0.25) is 5.02 Å². The van der Waals surface area contributed by atoms with Crippen molar-refractivity contribution in [3.63, 3.8) is 0 Å². The molecule has 2 aliphatic rings. The van der Waals surface area contributed by atoms with Crippen LogP contribution in [0, 0.1) is 5.92 Å². The molecule has 1 aromatic rings. The summed E-state index contributed by atoms with van der Waals surface area (Å²) >= 11 is 6.03. The lowest BCUT2D eigenvalue weighted by molar-refractivity contribution is 0.152. The van der Waals surface area contributed by atoms with E-state index in [1.807, 2.05) is 18.2 Å². The Morgan fingerprint density at radius 1 is 1.44 bits per heavy atom. The van der Waals surface area contributed by atoms with Gasteiger partial charge in [-0.05, 0) is 30.5 Å². The van der Waals surface area contributed by atoms with E-state index < -0.39 is 6.09 Å². The quantitative estimate of drug-likeness (QED) is 0.786. The van der Waals surface area contributed by atoms with E-state index >= 15 is 0 Å². The van der Waals surface area contributed by atoms with Gasteiger partial charge in [0.2, 0.25) is 0 Å². The van der Waals surface area contributed by atoms with Crippen LogP contribution in [0.4, 0.5) is 4.79 Å². The molecule has 0 bridgehead atoms. The second-order valence-corrected chi connectivity index (χ2v) is 5.31. The van der Waals surface area contributed by atoms with Crippen molar-refractivity contribution in [2.75, 3.05) is 19.7 Å². The zero-order chi connectivity index (χ0) is 12.7. The van der Waals surface area contributed by atoms with E-state index in [4.69, 9.17) is 21.4 Å². The van der Waals surface area contributed by atoms with Gasteiger partial charge < -0.3 is 14.7 Å². The summed E-state index contributed by atoms with van der Waals surface area (Å²) in [6, 6.07) is 5.60. The van der Waals surface area contributed by atoms with Crippen LogP contribution >= 0.6 is 11.6 Å². The molecule has 0 spiro atoms. The largest absolute Gasteiger partial charge is 0.493 e. The van der Waals surface area contributed by atoms with E-state index in [0.717, 1.165) is 17.7 Å². The van der Waals surface area contributed by atoms with Crippen LogP contribution in [0.25, 0.3) is 0 Å².